The van der Waals surface area contributed by atoms with Crippen LogP contribution in [0.15, 0.2) is 59.5 Å². The zero-order valence-corrected chi connectivity index (χ0v) is 21.6. The molecule has 2 heterocycles. The number of benzene rings is 2. The van der Waals surface area contributed by atoms with E-state index in [9.17, 15) is 27.6 Å². The Labute approximate surface area is 230 Å². The van der Waals surface area contributed by atoms with E-state index in [0.29, 0.717) is 12.5 Å². The molecule has 1 aliphatic carbocycles. The summed E-state index contributed by atoms with van der Waals surface area (Å²) < 4.78 is 78.0. The number of aromatic nitrogens is 1. The standard InChI is InChI=1S/C28H24F5N3O5/c1-40-18-11-20(29)23(21(30)12-18)19-14-36(22-3-2-10-35(26(22)38)13-15-4-5-15)27(39)24(19)34-25(37)16-6-8-17(9-7-16)41-28(31,32)33/h2-3,6-12,15,19,24H,4-5,13-14H2,1H3,(H,34,37)/t19-,24-/m0/s1. The molecule has 1 N–H and O–H groups in total. The first-order valence-electron chi connectivity index (χ1n) is 12.7. The average molecular weight is 578 g/mol. The first-order valence-corrected chi connectivity index (χ1v) is 12.7. The van der Waals surface area contributed by atoms with Crippen molar-refractivity contribution in [2.24, 2.45) is 5.92 Å². The lowest BCUT2D eigenvalue weighted by Crippen LogP contribution is -2.44. The van der Waals surface area contributed by atoms with Crippen LogP contribution in [0.5, 0.6) is 11.5 Å². The van der Waals surface area contributed by atoms with Gasteiger partial charge in [0.15, 0.2) is 0 Å². The minimum atomic E-state index is -4.93. The normalized spacial score (nSPS) is 18.9. The molecule has 2 fully saturated rings. The van der Waals surface area contributed by atoms with Crippen molar-refractivity contribution in [3.63, 3.8) is 0 Å². The highest BCUT2D eigenvalue weighted by Gasteiger charge is 2.46. The summed E-state index contributed by atoms with van der Waals surface area (Å²) in [4.78, 5) is 41.0. The molecule has 2 amide bonds. The van der Waals surface area contributed by atoms with Crippen molar-refractivity contribution in [2.75, 3.05) is 18.6 Å². The topological polar surface area (TPSA) is 89.9 Å². The lowest BCUT2D eigenvalue weighted by Gasteiger charge is -2.20. The number of hydrogen-bond acceptors (Lipinski definition) is 5. The first kappa shape index (κ1) is 28.1. The van der Waals surface area contributed by atoms with Gasteiger partial charge >= 0.3 is 6.36 Å². The third kappa shape index (κ3) is 6.03. The molecule has 1 aliphatic heterocycles. The maximum atomic E-state index is 15.2. The molecule has 1 saturated carbocycles. The molecule has 41 heavy (non-hydrogen) atoms. The Morgan fingerprint density at radius 3 is 2.27 bits per heavy atom. The Bertz CT molecular complexity index is 1510. The fourth-order valence-corrected chi connectivity index (χ4v) is 4.89. The summed E-state index contributed by atoms with van der Waals surface area (Å²) in [5, 5.41) is 2.45. The van der Waals surface area contributed by atoms with E-state index in [1.807, 2.05) is 0 Å². The maximum Gasteiger partial charge on any atom is 0.573 e. The van der Waals surface area contributed by atoms with E-state index >= 15 is 8.78 Å². The minimum absolute atomic E-state index is 0.0112. The lowest BCUT2D eigenvalue weighted by atomic mass is 9.92. The van der Waals surface area contributed by atoms with E-state index in [0.717, 1.165) is 54.1 Å². The van der Waals surface area contributed by atoms with Crippen LogP contribution in [0.3, 0.4) is 0 Å². The van der Waals surface area contributed by atoms with Crippen LogP contribution in [0.4, 0.5) is 27.6 Å². The zero-order valence-electron chi connectivity index (χ0n) is 21.6. The van der Waals surface area contributed by atoms with Gasteiger partial charge in [0.2, 0.25) is 5.91 Å². The van der Waals surface area contributed by atoms with Crippen LogP contribution in [-0.2, 0) is 11.3 Å². The van der Waals surface area contributed by atoms with E-state index in [1.54, 1.807) is 12.3 Å². The first-order chi connectivity index (χ1) is 19.4. The molecule has 8 nitrogen and oxygen atoms in total. The van der Waals surface area contributed by atoms with Crippen molar-refractivity contribution in [1.82, 2.24) is 9.88 Å². The van der Waals surface area contributed by atoms with E-state index in [-0.39, 0.29) is 23.5 Å². The van der Waals surface area contributed by atoms with E-state index in [1.165, 1.54) is 17.7 Å². The SMILES string of the molecule is COc1cc(F)c([C@@H]2CN(c3cccn(CC4CC4)c3=O)C(=O)[C@H]2NC(=O)c2ccc(OC(F)(F)F)cc2)c(F)c1. The van der Waals surface area contributed by atoms with Gasteiger partial charge < -0.3 is 24.3 Å². The Kier molecular flexibility index (Phi) is 7.45. The second kappa shape index (κ2) is 10.9. The smallest absolute Gasteiger partial charge is 0.497 e. The Morgan fingerprint density at radius 2 is 1.68 bits per heavy atom. The van der Waals surface area contributed by atoms with Crippen LogP contribution < -0.4 is 25.2 Å². The lowest BCUT2D eigenvalue weighted by molar-refractivity contribution is -0.274. The van der Waals surface area contributed by atoms with Gasteiger partial charge in [0.1, 0.15) is 34.9 Å². The second-order valence-electron chi connectivity index (χ2n) is 9.88. The fourth-order valence-electron chi connectivity index (χ4n) is 4.89. The van der Waals surface area contributed by atoms with Crippen LogP contribution in [0.2, 0.25) is 0 Å². The predicted octanol–water partition coefficient (Wildman–Crippen LogP) is 4.37. The van der Waals surface area contributed by atoms with Gasteiger partial charge in [0.05, 0.1) is 7.11 Å². The molecule has 2 atom stereocenters. The van der Waals surface area contributed by atoms with Gasteiger partial charge in [0, 0.05) is 48.5 Å². The third-order valence-corrected chi connectivity index (χ3v) is 7.05. The van der Waals surface area contributed by atoms with Gasteiger partial charge in [-0.25, -0.2) is 8.78 Å². The summed E-state index contributed by atoms with van der Waals surface area (Å²) in [6.45, 7) is 0.138. The number of carbonyl (C=O) groups excluding carboxylic acids is 2. The highest BCUT2D eigenvalue weighted by atomic mass is 19.4. The number of methoxy groups -OCH3 is 1. The number of carbonyl (C=O) groups is 2. The van der Waals surface area contributed by atoms with Crippen molar-refractivity contribution in [3.8, 4) is 11.5 Å². The van der Waals surface area contributed by atoms with Crippen molar-refractivity contribution in [2.45, 2.75) is 37.7 Å². The minimum Gasteiger partial charge on any atom is -0.497 e. The predicted molar refractivity (Wildman–Crippen MR) is 136 cm³/mol. The van der Waals surface area contributed by atoms with Crippen molar-refractivity contribution < 1.29 is 41.0 Å². The van der Waals surface area contributed by atoms with Crippen LogP contribution >= 0.6 is 0 Å². The highest BCUT2D eigenvalue weighted by molar-refractivity contribution is 6.05. The monoisotopic (exact) mass is 577 g/mol. The van der Waals surface area contributed by atoms with Gasteiger partial charge in [-0.2, -0.15) is 0 Å². The van der Waals surface area contributed by atoms with Gasteiger partial charge in [-0.3, -0.25) is 14.4 Å². The van der Waals surface area contributed by atoms with E-state index < -0.39 is 58.6 Å². The van der Waals surface area contributed by atoms with Crippen LogP contribution in [0.25, 0.3) is 0 Å². The molecular formula is C28H24F5N3O5. The van der Waals surface area contributed by atoms with Crippen LogP contribution in [0, 0.1) is 17.6 Å². The maximum absolute atomic E-state index is 15.2. The molecule has 0 radical (unpaired) electrons. The number of nitrogens with zero attached hydrogens (tertiary/aromatic N) is 2. The number of ether oxygens (including phenoxy) is 2. The number of rotatable bonds is 8. The summed E-state index contributed by atoms with van der Waals surface area (Å²) in [7, 11) is 1.23. The fraction of sp³-hybridized carbons (Fsp3) is 0.321. The summed E-state index contributed by atoms with van der Waals surface area (Å²) in [6.07, 6.45) is -1.38. The molecule has 0 bridgehead atoms. The molecule has 2 aliphatic rings. The number of amides is 2. The van der Waals surface area contributed by atoms with E-state index in [4.69, 9.17) is 4.74 Å². The largest absolute Gasteiger partial charge is 0.573 e. The summed E-state index contributed by atoms with van der Waals surface area (Å²) in [5.41, 5.74) is -1.10. The van der Waals surface area contributed by atoms with Crippen molar-refractivity contribution in [3.05, 3.63) is 87.8 Å². The number of alkyl halides is 3. The van der Waals surface area contributed by atoms with Gasteiger partial charge in [-0.05, 0) is 55.2 Å². The van der Waals surface area contributed by atoms with Gasteiger partial charge in [0.25, 0.3) is 11.5 Å². The summed E-state index contributed by atoms with van der Waals surface area (Å²) in [6, 6.07) is 7.30. The molecule has 1 aromatic heterocycles. The molecule has 0 spiro atoms. The van der Waals surface area contributed by atoms with Gasteiger partial charge in [-0.15, -0.1) is 13.2 Å². The number of pyridine rings is 1. The van der Waals surface area contributed by atoms with Crippen LogP contribution in [-0.4, -0.2) is 42.4 Å². The Hall–Kier alpha value is -4.42. The Morgan fingerprint density at radius 1 is 1.02 bits per heavy atom. The van der Waals surface area contributed by atoms with Crippen LogP contribution in [0.1, 0.15) is 34.7 Å². The molecule has 1 saturated heterocycles. The molecule has 0 unspecified atom stereocenters. The Balaban J connectivity index is 1.48. The zero-order chi connectivity index (χ0) is 29.5. The molecular weight excluding hydrogens is 553 g/mol. The molecule has 3 aromatic rings. The molecule has 13 heteroatoms. The van der Waals surface area contributed by atoms with E-state index in [2.05, 4.69) is 10.1 Å². The molecule has 5 rings (SSSR count). The van der Waals surface area contributed by atoms with Gasteiger partial charge in [-0.1, -0.05) is 0 Å². The average Bonchev–Trinajstić information content (AvgIpc) is 3.68. The number of halogens is 5. The third-order valence-electron chi connectivity index (χ3n) is 7.05. The van der Waals surface area contributed by atoms with Crippen molar-refractivity contribution >= 4 is 17.5 Å². The summed E-state index contributed by atoms with van der Waals surface area (Å²) >= 11 is 0. The quantitative estimate of drug-likeness (QED) is 0.402. The second-order valence-corrected chi connectivity index (χ2v) is 9.88. The molecule has 2 aromatic carbocycles. The highest BCUT2D eigenvalue weighted by Crippen LogP contribution is 2.36. The number of anilines is 1. The number of hydrogen-bond donors (Lipinski definition) is 1. The molecule has 216 valence electrons. The summed E-state index contributed by atoms with van der Waals surface area (Å²) in [5.74, 6) is -5.28. The number of nitrogens with one attached hydrogen (secondary N) is 1. The van der Waals surface area contributed by atoms with Crippen molar-refractivity contribution in [1.29, 1.82) is 0 Å².